The van der Waals surface area contributed by atoms with Crippen LogP contribution in [0.3, 0.4) is 0 Å². The zero-order valence-electron chi connectivity index (χ0n) is 24.9. The second-order valence-electron chi connectivity index (χ2n) is 10.7. The number of alkyl halides is 3. The van der Waals surface area contributed by atoms with E-state index in [9.17, 15) is 18.0 Å². The maximum Gasteiger partial charge on any atom is 0.416 e. The number of aryl methyl sites for hydroxylation is 1. The molecule has 0 atom stereocenters. The number of carbonyl (C=O) groups is 1. The minimum atomic E-state index is -4.46. The van der Waals surface area contributed by atoms with Crippen LogP contribution in [0.5, 0.6) is 11.5 Å². The van der Waals surface area contributed by atoms with Gasteiger partial charge in [0.2, 0.25) is 0 Å². The summed E-state index contributed by atoms with van der Waals surface area (Å²) in [5.41, 5.74) is 3.91. The Hall–Kier alpha value is -4.54. The van der Waals surface area contributed by atoms with E-state index >= 15 is 0 Å². The summed E-state index contributed by atoms with van der Waals surface area (Å²) in [6, 6.07) is 23.3. The Balaban J connectivity index is 1.56. The van der Waals surface area contributed by atoms with E-state index in [2.05, 4.69) is 4.90 Å². The molecule has 4 aromatic rings. The van der Waals surface area contributed by atoms with E-state index < -0.39 is 11.7 Å². The molecule has 10 heteroatoms. The number of nitrogens with two attached hydrogens (primary N) is 1. The molecule has 4 aromatic carbocycles. The van der Waals surface area contributed by atoms with Crippen molar-refractivity contribution in [3.05, 3.63) is 107 Å². The van der Waals surface area contributed by atoms with E-state index in [-0.39, 0.29) is 12.5 Å². The van der Waals surface area contributed by atoms with Crippen molar-refractivity contribution in [3.8, 4) is 22.6 Å². The Morgan fingerprint density at radius 2 is 1.45 bits per heavy atom. The number of piperazine rings is 1. The quantitative estimate of drug-likeness (QED) is 0.230. The minimum absolute atomic E-state index is 0.123. The minimum Gasteiger partial charge on any atom is -0.496 e. The number of nitrogens with zero attached hydrogens (tertiary/aromatic N) is 3. The topological polar surface area (TPSA) is 71.3 Å². The molecule has 0 spiro atoms. The van der Waals surface area contributed by atoms with Gasteiger partial charge in [0.05, 0.1) is 31.9 Å². The van der Waals surface area contributed by atoms with Crippen LogP contribution in [-0.2, 0) is 12.7 Å². The van der Waals surface area contributed by atoms with Gasteiger partial charge in [-0.2, -0.15) is 13.2 Å². The summed E-state index contributed by atoms with van der Waals surface area (Å²) in [7, 11) is 3.14. The summed E-state index contributed by atoms with van der Waals surface area (Å²) in [5.74, 6) is 6.76. The van der Waals surface area contributed by atoms with Crippen LogP contribution in [-0.4, -0.2) is 51.3 Å². The monoisotopic (exact) mass is 604 g/mol. The van der Waals surface area contributed by atoms with Crippen LogP contribution in [0.4, 0.5) is 24.5 Å². The van der Waals surface area contributed by atoms with Crippen molar-refractivity contribution in [1.82, 2.24) is 5.01 Å². The van der Waals surface area contributed by atoms with E-state index in [0.29, 0.717) is 39.4 Å². The molecular weight excluding hydrogens is 569 g/mol. The van der Waals surface area contributed by atoms with Crippen LogP contribution in [0.1, 0.15) is 27.0 Å². The number of benzene rings is 4. The number of ether oxygens (including phenoxy) is 2. The fourth-order valence-electron chi connectivity index (χ4n) is 5.44. The molecule has 2 N–H and O–H groups in total. The zero-order valence-corrected chi connectivity index (χ0v) is 24.9. The van der Waals surface area contributed by atoms with E-state index in [1.165, 1.54) is 12.1 Å². The number of rotatable bonds is 8. The van der Waals surface area contributed by atoms with Gasteiger partial charge in [-0.05, 0) is 78.2 Å². The third-order valence-electron chi connectivity index (χ3n) is 7.84. The fraction of sp³-hybridized carbons (Fsp3) is 0.265. The van der Waals surface area contributed by atoms with Crippen molar-refractivity contribution in [2.75, 3.05) is 50.2 Å². The average Bonchev–Trinajstić information content (AvgIpc) is 3.03. The first kappa shape index (κ1) is 30.9. The Labute approximate surface area is 255 Å². The lowest BCUT2D eigenvalue weighted by Crippen LogP contribution is -2.49. The number of amides is 1. The lowest BCUT2D eigenvalue weighted by atomic mass is 9.97. The Morgan fingerprint density at radius 3 is 2.02 bits per heavy atom. The summed E-state index contributed by atoms with van der Waals surface area (Å²) in [5, 5.41) is 1.79. The number of hydrazine groups is 1. The van der Waals surface area contributed by atoms with Gasteiger partial charge < -0.3 is 19.3 Å². The van der Waals surface area contributed by atoms with Gasteiger partial charge in [-0.3, -0.25) is 10.6 Å². The highest BCUT2D eigenvalue weighted by Crippen LogP contribution is 2.36. The van der Waals surface area contributed by atoms with Crippen LogP contribution in [0.25, 0.3) is 11.1 Å². The van der Waals surface area contributed by atoms with Gasteiger partial charge >= 0.3 is 6.18 Å². The first-order valence-corrected chi connectivity index (χ1v) is 14.2. The van der Waals surface area contributed by atoms with Crippen molar-refractivity contribution in [2.45, 2.75) is 19.6 Å². The van der Waals surface area contributed by atoms with Gasteiger partial charge in [-0.1, -0.05) is 30.3 Å². The van der Waals surface area contributed by atoms with E-state index in [4.69, 9.17) is 15.3 Å². The first-order valence-electron chi connectivity index (χ1n) is 14.2. The van der Waals surface area contributed by atoms with Crippen molar-refractivity contribution >= 4 is 17.3 Å². The van der Waals surface area contributed by atoms with Gasteiger partial charge in [-0.25, -0.2) is 5.01 Å². The largest absolute Gasteiger partial charge is 0.496 e. The smallest absolute Gasteiger partial charge is 0.416 e. The highest BCUT2D eigenvalue weighted by molar-refractivity contribution is 6.10. The second kappa shape index (κ2) is 13.0. The van der Waals surface area contributed by atoms with Crippen LogP contribution in [0, 0.1) is 6.92 Å². The summed E-state index contributed by atoms with van der Waals surface area (Å²) in [6.07, 6.45) is -4.46. The molecule has 1 saturated heterocycles. The number of halogens is 3. The van der Waals surface area contributed by atoms with Crippen LogP contribution < -0.4 is 25.1 Å². The summed E-state index contributed by atoms with van der Waals surface area (Å²) < 4.78 is 51.2. The lowest BCUT2D eigenvalue weighted by Gasteiger charge is -2.34. The number of carbonyl (C=O) groups excluding carboxylic acids is 1. The molecular formula is C34H35F3N4O3. The molecule has 1 aliphatic heterocycles. The molecule has 7 nitrogen and oxygen atoms in total. The first-order chi connectivity index (χ1) is 21.1. The van der Waals surface area contributed by atoms with E-state index in [0.717, 1.165) is 49.6 Å². The fourth-order valence-corrected chi connectivity index (χ4v) is 5.44. The molecule has 1 heterocycles. The zero-order chi connectivity index (χ0) is 31.4. The maximum absolute atomic E-state index is 14.5. The predicted molar refractivity (Wildman–Crippen MR) is 166 cm³/mol. The van der Waals surface area contributed by atoms with Crippen molar-refractivity contribution in [1.29, 1.82) is 0 Å². The molecule has 1 aliphatic rings. The van der Waals surface area contributed by atoms with Gasteiger partial charge in [0.1, 0.15) is 11.5 Å². The predicted octanol–water partition coefficient (Wildman–Crippen LogP) is 6.54. The molecule has 0 radical (unpaired) electrons. The van der Waals surface area contributed by atoms with Crippen LogP contribution in [0.2, 0.25) is 0 Å². The molecule has 5 rings (SSSR count). The number of methoxy groups -OCH3 is 2. The van der Waals surface area contributed by atoms with Gasteiger partial charge in [0, 0.05) is 43.1 Å². The molecule has 1 amide bonds. The standard InChI is InChI=1S/C34H35F3N4O3/c1-23-20-31(43-2)30(32(21-23)44-3)22-41(27-14-12-26(13-15-27)39-16-18-40(38)19-17-39)33(42)29-7-5-4-6-28(29)24-8-10-25(11-9-24)34(35,36)37/h4-15,20-21H,16-19,22,38H2,1-3H3. The molecule has 0 bridgehead atoms. The average molecular weight is 605 g/mol. The number of hydrogen-bond acceptors (Lipinski definition) is 6. The Morgan fingerprint density at radius 1 is 0.864 bits per heavy atom. The van der Waals surface area contributed by atoms with Crippen molar-refractivity contribution in [2.24, 2.45) is 5.84 Å². The molecule has 1 fully saturated rings. The highest BCUT2D eigenvalue weighted by atomic mass is 19.4. The summed E-state index contributed by atoms with van der Waals surface area (Å²) in [4.78, 5) is 18.4. The van der Waals surface area contributed by atoms with Gasteiger partial charge in [-0.15, -0.1) is 0 Å². The molecule has 0 saturated carbocycles. The SMILES string of the molecule is COc1cc(C)cc(OC)c1CN(C(=O)c1ccccc1-c1ccc(C(F)(F)F)cc1)c1ccc(N2CCN(N)CC2)cc1. The van der Waals surface area contributed by atoms with E-state index in [1.807, 2.05) is 43.3 Å². The Bertz CT molecular complexity index is 1570. The molecule has 0 aliphatic carbocycles. The molecule has 44 heavy (non-hydrogen) atoms. The van der Waals surface area contributed by atoms with Crippen molar-refractivity contribution < 1.29 is 27.4 Å². The van der Waals surface area contributed by atoms with Crippen LogP contribution in [0.15, 0.2) is 84.9 Å². The molecule has 230 valence electrons. The molecule has 0 aromatic heterocycles. The molecule has 0 unspecified atom stereocenters. The van der Waals surface area contributed by atoms with E-state index in [1.54, 1.807) is 48.4 Å². The third kappa shape index (κ3) is 6.66. The third-order valence-corrected chi connectivity index (χ3v) is 7.84. The summed E-state index contributed by atoms with van der Waals surface area (Å²) >= 11 is 0. The summed E-state index contributed by atoms with van der Waals surface area (Å²) in [6.45, 7) is 5.13. The van der Waals surface area contributed by atoms with Crippen molar-refractivity contribution in [3.63, 3.8) is 0 Å². The number of anilines is 2. The van der Waals surface area contributed by atoms with Gasteiger partial charge in [0.15, 0.2) is 0 Å². The van der Waals surface area contributed by atoms with Crippen LogP contribution >= 0.6 is 0 Å². The second-order valence-corrected chi connectivity index (χ2v) is 10.7. The normalized spacial score (nSPS) is 13.9. The Kier molecular flexibility index (Phi) is 9.12. The maximum atomic E-state index is 14.5. The number of hydrogen-bond donors (Lipinski definition) is 1. The lowest BCUT2D eigenvalue weighted by molar-refractivity contribution is -0.137. The van der Waals surface area contributed by atoms with Gasteiger partial charge in [0.25, 0.3) is 5.91 Å². The highest BCUT2D eigenvalue weighted by Gasteiger charge is 2.30.